The smallest absolute Gasteiger partial charge is 0.179 e. The summed E-state index contributed by atoms with van der Waals surface area (Å²) in [6.45, 7) is 3.81. The van der Waals surface area contributed by atoms with Crippen molar-refractivity contribution in [3.8, 4) is 6.19 Å². The summed E-state index contributed by atoms with van der Waals surface area (Å²) in [6, 6.07) is 0.504. The number of hydrogen-bond donors (Lipinski definition) is 0. The lowest BCUT2D eigenvalue weighted by molar-refractivity contribution is 0.192. The molecule has 1 unspecified atom stereocenters. The minimum Gasteiger partial charge on any atom is -0.376 e. The largest absolute Gasteiger partial charge is 0.376 e. The highest BCUT2D eigenvalue weighted by Crippen LogP contribution is 2.13. The first-order valence-corrected chi connectivity index (χ1v) is 4.77. The summed E-state index contributed by atoms with van der Waals surface area (Å²) in [5.41, 5.74) is 0. The van der Waals surface area contributed by atoms with E-state index in [9.17, 15) is 0 Å². The second kappa shape index (κ2) is 4.76. The summed E-state index contributed by atoms with van der Waals surface area (Å²) in [4.78, 5) is 4.04. The molecule has 0 bridgehead atoms. The van der Waals surface area contributed by atoms with Crippen LogP contribution in [0.5, 0.6) is 0 Å². The predicted molar refractivity (Wildman–Crippen MR) is 52.8 cm³/mol. The third-order valence-corrected chi connectivity index (χ3v) is 2.50. The maximum Gasteiger partial charge on any atom is 0.179 e. The van der Waals surface area contributed by atoms with Crippen LogP contribution in [0.4, 0.5) is 0 Å². The van der Waals surface area contributed by atoms with Gasteiger partial charge in [0.15, 0.2) is 6.19 Å². The summed E-state index contributed by atoms with van der Waals surface area (Å²) in [6.07, 6.45) is 8.64. The third-order valence-electron chi connectivity index (χ3n) is 2.50. The average Bonchev–Trinajstić information content (AvgIpc) is 2.18. The zero-order valence-corrected chi connectivity index (χ0v) is 8.40. The van der Waals surface area contributed by atoms with E-state index in [0.29, 0.717) is 6.04 Å². The van der Waals surface area contributed by atoms with E-state index < -0.39 is 0 Å². The summed E-state index contributed by atoms with van der Waals surface area (Å²) in [7, 11) is 2.07. The molecule has 1 aliphatic rings. The molecule has 1 heterocycles. The Hall–Kier alpha value is -1.17. The van der Waals surface area contributed by atoms with Gasteiger partial charge in [0.2, 0.25) is 0 Å². The minimum absolute atomic E-state index is 0.504. The van der Waals surface area contributed by atoms with Crippen LogP contribution < -0.4 is 0 Å². The fourth-order valence-corrected chi connectivity index (χ4v) is 1.73. The van der Waals surface area contributed by atoms with Gasteiger partial charge in [-0.25, -0.2) is 0 Å². The lowest BCUT2D eigenvalue weighted by Crippen LogP contribution is -2.42. The van der Waals surface area contributed by atoms with E-state index in [1.165, 1.54) is 6.42 Å². The van der Waals surface area contributed by atoms with Crippen LogP contribution in [0.3, 0.4) is 0 Å². The van der Waals surface area contributed by atoms with Crippen LogP contribution in [0, 0.1) is 11.5 Å². The Labute approximate surface area is 80.2 Å². The number of likely N-dealkylation sites (N-methyl/N-ethyl adjacent to an activating group) is 1. The molecule has 0 radical (unpaired) electrons. The molecular formula is C10H17N3. The topological polar surface area (TPSA) is 30.3 Å². The van der Waals surface area contributed by atoms with Gasteiger partial charge in [-0.15, -0.1) is 0 Å². The first kappa shape index (κ1) is 9.91. The minimum atomic E-state index is 0.504. The molecule has 0 aromatic heterocycles. The molecule has 1 fully saturated rings. The van der Waals surface area contributed by atoms with Crippen molar-refractivity contribution in [2.75, 3.05) is 20.1 Å². The molecule has 1 rings (SSSR count). The van der Waals surface area contributed by atoms with E-state index in [-0.39, 0.29) is 0 Å². The molecule has 0 aromatic rings. The van der Waals surface area contributed by atoms with Gasteiger partial charge in [-0.05, 0) is 26.0 Å². The van der Waals surface area contributed by atoms with Gasteiger partial charge >= 0.3 is 0 Å². The van der Waals surface area contributed by atoms with Gasteiger partial charge in [-0.2, -0.15) is 5.26 Å². The summed E-state index contributed by atoms with van der Waals surface area (Å²) in [5, 5.41) is 8.76. The Morgan fingerprint density at radius 1 is 1.62 bits per heavy atom. The van der Waals surface area contributed by atoms with Gasteiger partial charge in [0.25, 0.3) is 0 Å². The Bertz CT molecular complexity index is 217. The van der Waals surface area contributed by atoms with Crippen LogP contribution in [0.2, 0.25) is 0 Å². The van der Waals surface area contributed by atoms with Gasteiger partial charge in [-0.1, -0.05) is 6.08 Å². The van der Waals surface area contributed by atoms with Crippen molar-refractivity contribution in [2.24, 2.45) is 0 Å². The van der Waals surface area contributed by atoms with Gasteiger partial charge in [0.05, 0.1) is 0 Å². The molecule has 3 nitrogen and oxygen atoms in total. The van der Waals surface area contributed by atoms with E-state index >= 15 is 0 Å². The summed E-state index contributed by atoms with van der Waals surface area (Å²) in [5.74, 6) is 0. The molecule has 0 aromatic carbocycles. The lowest BCUT2D eigenvalue weighted by atomic mass is 10.1. The second-order valence-corrected chi connectivity index (χ2v) is 3.49. The van der Waals surface area contributed by atoms with Crippen LogP contribution in [-0.2, 0) is 0 Å². The predicted octanol–water partition coefficient (Wildman–Crippen LogP) is 1.40. The Morgan fingerprint density at radius 3 is 3.00 bits per heavy atom. The molecule has 1 atom stereocenters. The van der Waals surface area contributed by atoms with Gasteiger partial charge in [0, 0.05) is 26.2 Å². The molecule has 0 spiro atoms. The van der Waals surface area contributed by atoms with Gasteiger partial charge in [-0.3, -0.25) is 0 Å². The van der Waals surface area contributed by atoms with Crippen molar-refractivity contribution in [2.45, 2.75) is 25.8 Å². The molecule has 0 saturated carbocycles. The highest BCUT2D eigenvalue weighted by Gasteiger charge is 2.20. The quantitative estimate of drug-likeness (QED) is 0.600. The van der Waals surface area contributed by atoms with E-state index in [2.05, 4.69) is 24.3 Å². The fraction of sp³-hybridized carbons (Fsp3) is 0.700. The number of nitriles is 1. The normalized spacial score (nSPS) is 23.2. The third kappa shape index (κ3) is 2.66. The van der Waals surface area contributed by atoms with Crippen molar-refractivity contribution in [3.63, 3.8) is 0 Å². The molecule has 1 aliphatic heterocycles. The number of nitrogens with zero attached hydrogens (tertiary/aromatic N) is 3. The molecular weight excluding hydrogens is 162 g/mol. The van der Waals surface area contributed by atoms with Crippen LogP contribution in [0.1, 0.15) is 19.8 Å². The number of allylic oxidation sites excluding steroid dienone is 1. The van der Waals surface area contributed by atoms with Crippen molar-refractivity contribution in [1.82, 2.24) is 9.80 Å². The Balaban J connectivity index is 2.47. The van der Waals surface area contributed by atoms with Crippen molar-refractivity contribution < 1.29 is 0 Å². The molecule has 0 amide bonds. The monoisotopic (exact) mass is 179 g/mol. The van der Waals surface area contributed by atoms with E-state index in [4.69, 9.17) is 5.26 Å². The van der Waals surface area contributed by atoms with E-state index in [1.54, 1.807) is 0 Å². The highest BCUT2D eigenvalue weighted by molar-refractivity contribution is 4.89. The standard InChI is InChI=1S/C10H17N3/c1-3-6-12(2)10-5-4-7-13(8-10)9-11/h3,6,10H,4-5,7-8H2,1-2H3. The first-order valence-electron chi connectivity index (χ1n) is 4.77. The van der Waals surface area contributed by atoms with Crippen molar-refractivity contribution >= 4 is 0 Å². The molecule has 0 aliphatic carbocycles. The van der Waals surface area contributed by atoms with E-state index in [1.807, 2.05) is 17.9 Å². The maximum atomic E-state index is 8.76. The zero-order valence-electron chi connectivity index (χ0n) is 8.40. The zero-order chi connectivity index (χ0) is 9.68. The molecule has 3 heteroatoms. The molecule has 1 saturated heterocycles. The second-order valence-electron chi connectivity index (χ2n) is 3.49. The Morgan fingerprint density at radius 2 is 2.38 bits per heavy atom. The first-order chi connectivity index (χ1) is 6.27. The summed E-state index contributed by atoms with van der Waals surface area (Å²) < 4.78 is 0. The van der Waals surface area contributed by atoms with Crippen LogP contribution in [-0.4, -0.2) is 36.0 Å². The molecule has 0 N–H and O–H groups in total. The highest BCUT2D eigenvalue weighted by atomic mass is 15.2. The number of rotatable bonds is 2. The number of hydrogen-bond acceptors (Lipinski definition) is 3. The maximum absolute atomic E-state index is 8.76. The fourth-order valence-electron chi connectivity index (χ4n) is 1.73. The lowest BCUT2D eigenvalue weighted by Gasteiger charge is -2.34. The number of piperidine rings is 1. The van der Waals surface area contributed by atoms with Crippen LogP contribution in [0.25, 0.3) is 0 Å². The molecule has 72 valence electrons. The SMILES string of the molecule is CC=CN(C)C1CCCN(C#N)C1. The van der Waals surface area contributed by atoms with Crippen LogP contribution in [0.15, 0.2) is 12.3 Å². The van der Waals surface area contributed by atoms with Gasteiger partial charge in [0.1, 0.15) is 0 Å². The molecule has 13 heavy (non-hydrogen) atoms. The van der Waals surface area contributed by atoms with Crippen molar-refractivity contribution in [1.29, 1.82) is 5.26 Å². The average molecular weight is 179 g/mol. The number of likely N-dealkylation sites (tertiary alicyclic amines) is 1. The Kier molecular flexibility index (Phi) is 3.63. The summed E-state index contributed by atoms with van der Waals surface area (Å²) >= 11 is 0. The van der Waals surface area contributed by atoms with Crippen molar-refractivity contribution in [3.05, 3.63) is 12.3 Å². The van der Waals surface area contributed by atoms with Gasteiger partial charge < -0.3 is 9.80 Å². The van der Waals surface area contributed by atoms with E-state index in [0.717, 1.165) is 19.5 Å². The van der Waals surface area contributed by atoms with Crippen LogP contribution >= 0.6 is 0 Å².